The number of halogens is 1. The van der Waals surface area contributed by atoms with E-state index in [-0.39, 0.29) is 5.82 Å². The lowest BCUT2D eigenvalue weighted by molar-refractivity contribution is 0.502. The minimum absolute atomic E-state index is 0.266. The molecule has 2 aromatic rings. The number of rotatable bonds is 5. The number of aryl methyl sites for hydroxylation is 2. The van der Waals surface area contributed by atoms with Gasteiger partial charge in [0.1, 0.15) is 5.82 Å². The Morgan fingerprint density at radius 3 is 2.89 bits per heavy atom. The topological polar surface area (TPSA) is 55.9 Å². The van der Waals surface area contributed by atoms with Crippen LogP contribution in [-0.4, -0.2) is 9.78 Å². The molecule has 0 saturated heterocycles. The lowest BCUT2D eigenvalue weighted by atomic mass is 10.0. The van der Waals surface area contributed by atoms with Crippen LogP contribution in [0.25, 0.3) is 0 Å². The van der Waals surface area contributed by atoms with Crippen LogP contribution in [0.3, 0.4) is 0 Å². The lowest BCUT2D eigenvalue weighted by Gasteiger charge is -2.19. The van der Waals surface area contributed by atoms with E-state index in [0.29, 0.717) is 5.56 Å². The summed E-state index contributed by atoms with van der Waals surface area (Å²) in [5.74, 6) is 5.36. The third kappa shape index (κ3) is 2.83. The Kier molecular flexibility index (Phi) is 4.29. The van der Waals surface area contributed by atoms with Gasteiger partial charge in [-0.15, -0.1) is 0 Å². The van der Waals surface area contributed by atoms with E-state index in [9.17, 15) is 4.39 Å². The summed E-state index contributed by atoms with van der Waals surface area (Å²) in [7, 11) is 0. The molecule has 1 atom stereocenters. The fourth-order valence-corrected chi connectivity index (χ4v) is 2.21. The van der Waals surface area contributed by atoms with Gasteiger partial charge in [0.15, 0.2) is 0 Å². The minimum atomic E-state index is -0.394. The number of nitrogens with two attached hydrogens (primary N) is 1. The molecular weight excluding hydrogens is 243 g/mol. The van der Waals surface area contributed by atoms with Gasteiger partial charge in [-0.2, -0.15) is 5.10 Å². The van der Waals surface area contributed by atoms with Crippen molar-refractivity contribution < 1.29 is 4.39 Å². The van der Waals surface area contributed by atoms with Crippen molar-refractivity contribution in [3.63, 3.8) is 0 Å². The van der Waals surface area contributed by atoms with Crippen molar-refractivity contribution >= 4 is 0 Å². The highest BCUT2D eigenvalue weighted by Crippen LogP contribution is 2.24. The molecule has 0 aliphatic rings. The van der Waals surface area contributed by atoms with Crippen molar-refractivity contribution in [3.8, 4) is 0 Å². The Hall–Kier alpha value is -1.72. The van der Waals surface area contributed by atoms with Crippen LogP contribution in [-0.2, 0) is 6.54 Å². The van der Waals surface area contributed by atoms with Gasteiger partial charge >= 0.3 is 0 Å². The first-order chi connectivity index (χ1) is 9.17. The zero-order chi connectivity index (χ0) is 13.8. The molecule has 0 spiro atoms. The molecule has 5 heteroatoms. The molecule has 0 aliphatic carbocycles. The number of nitrogens with zero attached hydrogens (tertiary/aromatic N) is 2. The molecule has 1 unspecified atom stereocenters. The minimum Gasteiger partial charge on any atom is -0.271 e. The van der Waals surface area contributed by atoms with Gasteiger partial charge < -0.3 is 0 Å². The molecule has 0 bridgehead atoms. The summed E-state index contributed by atoms with van der Waals surface area (Å²) in [5, 5.41) is 4.25. The zero-order valence-electron chi connectivity index (χ0n) is 11.2. The smallest absolute Gasteiger partial charge is 0.128 e. The Labute approximate surface area is 112 Å². The molecule has 0 radical (unpaired) electrons. The number of benzene rings is 1. The van der Waals surface area contributed by atoms with Gasteiger partial charge in [0, 0.05) is 18.3 Å². The van der Waals surface area contributed by atoms with Crippen LogP contribution in [0.5, 0.6) is 0 Å². The highest BCUT2D eigenvalue weighted by atomic mass is 19.1. The van der Waals surface area contributed by atoms with Crippen LogP contribution in [0.1, 0.15) is 36.2 Å². The predicted molar refractivity (Wildman–Crippen MR) is 72.8 cm³/mol. The summed E-state index contributed by atoms with van der Waals surface area (Å²) in [4.78, 5) is 0. The van der Waals surface area contributed by atoms with Gasteiger partial charge in [-0.3, -0.25) is 10.5 Å². The quantitative estimate of drug-likeness (QED) is 0.642. The van der Waals surface area contributed by atoms with E-state index in [1.54, 1.807) is 12.3 Å². The third-order valence-electron chi connectivity index (χ3n) is 3.11. The van der Waals surface area contributed by atoms with Crippen molar-refractivity contribution in [1.82, 2.24) is 15.2 Å². The molecule has 19 heavy (non-hydrogen) atoms. The molecular formula is C14H19FN4. The molecule has 1 aromatic heterocycles. The molecule has 2 rings (SSSR count). The molecule has 0 saturated carbocycles. The average molecular weight is 262 g/mol. The molecule has 1 heterocycles. The van der Waals surface area contributed by atoms with Gasteiger partial charge in [-0.25, -0.2) is 9.82 Å². The second kappa shape index (κ2) is 5.95. The second-order valence-electron chi connectivity index (χ2n) is 4.60. The van der Waals surface area contributed by atoms with E-state index in [1.165, 1.54) is 6.07 Å². The standard InChI is InChI=1S/C14H19FN4/c1-3-8-19-13(6-7-17-19)14(18-16)11-9-10(2)4-5-12(11)15/h4-7,9,14,18H,3,8,16H2,1-2H3. The van der Waals surface area contributed by atoms with E-state index >= 15 is 0 Å². The Morgan fingerprint density at radius 1 is 1.42 bits per heavy atom. The molecule has 3 N–H and O–H groups in total. The summed E-state index contributed by atoms with van der Waals surface area (Å²) < 4.78 is 15.8. The highest BCUT2D eigenvalue weighted by Gasteiger charge is 2.20. The monoisotopic (exact) mass is 262 g/mol. The van der Waals surface area contributed by atoms with Gasteiger partial charge in [-0.1, -0.05) is 24.6 Å². The number of hydrazine groups is 1. The lowest BCUT2D eigenvalue weighted by Crippen LogP contribution is -2.31. The molecule has 0 aliphatic heterocycles. The first-order valence-electron chi connectivity index (χ1n) is 6.41. The summed E-state index contributed by atoms with van der Waals surface area (Å²) in [6.07, 6.45) is 2.67. The van der Waals surface area contributed by atoms with E-state index in [2.05, 4.69) is 17.4 Å². The Morgan fingerprint density at radius 2 is 2.21 bits per heavy atom. The number of hydrogen-bond acceptors (Lipinski definition) is 3. The molecule has 4 nitrogen and oxygen atoms in total. The van der Waals surface area contributed by atoms with Gasteiger partial charge in [0.05, 0.1) is 11.7 Å². The van der Waals surface area contributed by atoms with Crippen molar-refractivity contribution in [2.24, 2.45) is 5.84 Å². The van der Waals surface area contributed by atoms with E-state index in [4.69, 9.17) is 5.84 Å². The second-order valence-corrected chi connectivity index (χ2v) is 4.60. The molecule has 0 amide bonds. The first kappa shape index (κ1) is 13.7. The number of nitrogens with one attached hydrogen (secondary N) is 1. The number of hydrogen-bond donors (Lipinski definition) is 2. The average Bonchev–Trinajstić information content (AvgIpc) is 2.83. The largest absolute Gasteiger partial charge is 0.271 e. The van der Waals surface area contributed by atoms with Crippen molar-refractivity contribution in [3.05, 3.63) is 53.1 Å². The maximum absolute atomic E-state index is 14.0. The highest BCUT2D eigenvalue weighted by molar-refractivity contribution is 5.32. The molecule has 102 valence electrons. The Bertz CT molecular complexity index is 550. The Balaban J connectivity index is 2.44. The van der Waals surface area contributed by atoms with Crippen molar-refractivity contribution in [1.29, 1.82) is 0 Å². The van der Waals surface area contributed by atoms with Crippen molar-refractivity contribution in [2.45, 2.75) is 32.9 Å². The van der Waals surface area contributed by atoms with Crippen molar-refractivity contribution in [2.75, 3.05) is 0 Å². The molecule has 0 fully saturated rings. The predicted octanol–water partition coefficient (Wildman–Crippen LogP) is 2.29. The van der Waals surface area contributed by atoms with E-state index < -0.39 is 6.04 Å². The van der Waals surface area contributed by atoms with Crippen LogP contribution >= 0.6 is 0 Å². The normalized spacial score (nSPS) is 12.6. The third-order valence-corrected chi connectivity index (χ3v) is 3.11. The fraction of sp³-hybridized carbons (Fsp3) is 0.357. The summed E-state index contributed by atoms with van der Waals surface area (Å²) in [5.41, 5.74) is 5.10. The van der Waals surface area contributed by atoms with E-state index in [1.807, 2.05) is 23.7 Å². The fourth-order valence-electron chi connectivity index (χ4n) is 2.21. The van der Waals surface area contributed by atoms with Crippen LogP contribution < -0.4 is 11.3 Å². The molecule has 1 aromatic carbocycles. The van der Waals surface area contributed by atoms with Crippen LogP contribution in [0, 0.1) is 12.7 Å². The summed E-state index contributed by atoms with van der Waals surface area (Å²) in [6, 6.07) is 6.49. The number of aromatic nitrogens is 2. The summed E-state index contributed by atoms with van der Waals surface area (Å²) >= 11 is 0. The first-order valence-corrected chi connectivity index (χ1v) is 6.41. The van der Waals surface area contributed by atoms with E-state index in [0.717, 1.165) is 24.2 Å². The van der Waals surface area contributed by atoms with Crippen LogP contribution in [0.4, 0.5) is 4.39 Å². The SMILES string of the molecule is CCCn1nccc1C(NN)c1cc(C)ccc1F. The maximum atomic E-state index is 14.0. The zero-order valence-corrected chi connectivity index (χ0v) is 11.2. The maximum Gasteiger partial charge on any atom is 0.128 e. The van der Waals surface area contributed by atoms with Gasteiger partial charge in [0.25, 0.3) is 0 Å². The summed E-state index contributed by atoms with van der Waals surface area (Å²) in [6.45, 7) is 4.79. The van der Waals surface area contributed by atoms with Crippen LogP contribution in [0.15, 0.2) is 30.5 Å². The van der Waals surface area contributed by atoms with Gasteiger partial charge in [-0.05, 0) is 25.5 Å². The van der Waals surface area contributed by atoms with Gasteiger partial charge in [0.2, 0.25) is 0 Å². The van der Waals surface area contributed by atoms with Crippen LogP contribution in [0.2, 0.25) is 0 Å².